The minimum absolute atomic E-state index is 0.0702. The number of amides is 1. The van der Waals surface area contributed by atoms with E-state index in [0.717, 1.165) is 5.56 Å². The average Bonchev–Trinajstić information content (AvgIpc) is 2.43. The number of piperazine rings is 1. The van der Waals surface area contributed by atoms with Gasteiger partial charge in [0.2, 0.25) is 5.91 Å². The van der Waals surface area contributed by atoms with Crippen molar-refractivity contribution in [2.24, 2.45) is 5.73 Å². The van der Waals surface area contributed by atoms with Crippen LogP contribution in [0.2, 0.25) is 0 Å². The van der Waals surface area contributed by atoms with Gasteiger partial charge in [-0.2, -0.15) is 5.26 Å². The lowest BCUT2D eigenvalue weighted by atomic mass is 10.1. The summed E-state index contributed by atoms with van der Waals surface area (Å²) in [6.45, 7) is 4.73. The number of primary amides is 1. The summed E-state index contributed by atoms with van der Waals surface area (Å²) in [4.78, 5) is 14.9. The molecule has 0 atom stereocenters. The van der Waals surface area contributed by atoms with Crippen molar-refractivity contribution in [1.82, 2.24) is 4.90 Å². The van der Waals surface area contributed by atoms with E-state index in [-0.39, 0.29) is 24.7 Å². The van der Waals surface area contributed by atoms with E-state index >= 15 is 0 Å². The summed E-state index contributed by atoms with van der Waals surface area (Å²) in [6.07, 6.45) is 0.0702. The zero-order chi connectivity index (χ0) is 15.4. The summed E-state index contributed by atoms with van der Waals surface area (Å²) in [7, 11) is 0. The third-order valence-electron chi connectivity index (χ3n) is 3.74. The van der Waals surface area contributed by atoms with Crippen molar-refractivity contribution in [3.63, 3.8) is 0 Å². The maximum atomic E-state index is 14.5. The van der Waals surface area contributed by atoms with Crippen LogP contribution < -0.4 is 10.6 Å². The number of hydrogen-bond donors (Lipinski definition) is 1. The Labute approximate surface area is 123 Å². The van der Waals surface area contributed by atoms with Crippen LogP contribution in [0.25, 0.3) is 0 Å². The largest absolute Gasteiger partial charge is 0.369 e. The molecular formula is C15H19FN4O. The first-order valence-electron chi connectivity index (χ1n) is 6.93. The molecule has 0 aromatic heterocycles. The Morgan fingerprint density at radius 3 is 2.62 bits per heavy atom. The SMILES string of the molecule is Cc1ccc(CC#N)c(F)c1N1CCN(CC(N)=O)CC1. The maximum Gasteiger partial charge on any atom is 0.231 e. The van der Waals surface area contributed by atoms with Gasteiger partial charge in [0.1, 0.15) is 0 Å². The number of hydrogen-bond acceptors (Lipinski definition) is 4. The number of nitrogens with two attached hydrogens (primary N) is 1. The summed E-state index contributed by atoms with van der Waals surface area (Å²) in [5, 5.41) is 8.75. The summed E-state index contributed by atoms with van der Waals surface area (Å²) in [5.41, 5.74) is 7.04. The number of nitrogens with zero attached hydrogens (tertiary/aromatic N) is 3. The van der Waals surface area contributed by atoms with Crippen molar-refractivity contribution in [2.45, 2.75) is 13.3 Å². The molecule has 1 heterocycles. The first kappa shape index (κ1) is 15.3. The fraction of sp³-hybridized carbons (Fsp3) is 0.467. The molecule has 1 saturated heterocycles. The minimum Gasteiger partial charge on any atom is -0.369 e. The Hall–Kier alpha value is -2.13. The monoisotopic (exact) mass is 290 g/mol. The van der Waals surface area contributed by atoms with E-state index in [2.05, 4.69) is 0 Å². The Balaban J connectivity index is 2.15. The second-order valence-corrected chi connectivity index (χ2v) is 5.27. The smallest absolute Gasteiger partial charge is 0.231 e. The molecule has 0 bridgehead atoms. The first-order valence-corrected chi connectivity index (χ1v) is 6.93. The van der Waals surface area contributed by atoms with Gasteiger partial charge in [-0.05, 0) is 12.5 Å². The van der Waals surface area contributed by atoms with E-state index in [1.165, 1.54) is 0 Å². The standard InChI is InChI=1S/C15H19FN4O/c1-11-2-3-12(4-5-17)14(16)15(11)20-8-6-19(7-9-20)10-13(18)21/h2-3H,4,6-10H2,1H3,(H2,18,21). The molecule has 1 aromatic carbocycles. The van der Waals surface area contributed by atoms with E-state index < -0.39 is 0 Å². The van der Waals surface area contributed by atoms with Crippen LogP contribution in [-0.2, 0) is 11.2 Å². The van der Waals surface area contributed by atoms with Crippen molar-refractivity contribution >= 4 is 11.6 Å². The van der Waals surface area contributed by atoms with Crippen LogP contribution in [0.3, 0.4) is 0 Å². The van der Waals surface area contributed by atoms with Gasteiger partial charge in [0.05, 0.1) is 24.7 Å². The molecule has 0 saturated carbocycles. The highest BCUT2D eigenvalue weighted by Crippen LogP contribution is 2.28. The van der Waals surface area contributed by atoms with Gasteiger partial charge in [-0.3, -0.25) is 9.69 Å². The van der Waals surface area contributed by atoms with Crippen molar-refractivity contribution in [2.75, 3.05) is 37.6 Å². The summed E-state index contributed by atoms with van der Waals surface area (Å²) in [5.74, 6) is -0.651. The molecule has 6 heteroatoms. The number of nitriles is 1. The van der Waals surface area contributed by atoms with E-state index in [4.69, 9.17) is 11.0 Å². The molecule has 1 amide bonds. The zero-order valence-electron chi connectivity index (χ0n) is 12.1. The van der Waals surface area contributed by atoms with Gasteiger partial charge in [-0.25, -0.2) is 4.39 Å². The average molecular weight is 290 g/mol. The summed E-state index contributed by atoms with van der Waals surface area (Å²) >= 11 is 0. The zero-order valence-corrected chi connectivity index (χ0v) is 12.1. The van der Waals surface area contributed by atoms with Gasteiger partial charge < -0.3 is 10.6 Å². The van der Waals surface area contributed by atoms with E-state index in [1.54, 1.807) is 6.07 Å². The molecule has 1 aliphatic rings. The molecule has 21 heavy (non-hydrogen) atoms. The lowest BCUT2D eigenvalue weighted by Gasteiger charge is -2.36. The van der Waals surface area contributed by atoms with E-state index in [0.29, 0.717) is 37.4 Å². The second-order valence-electron chi connectivity index (χ2n) is 5.27. The third-order valence-corrected chi connectivity index (χ3v) is 3.74. The van der Waals surface area contributed by atoms with Crippen molar-refractivity contribution < 1.29 is 9.18 Å². The van der Waals surface area contributed by atoms with E-state index in [1.807, 2.05) is 28.9 Å². The topological polar surface area (TPSA) is 73.4 Å². The van der Waals surface area contributed by atoms with Crippen LogP contribution >= 0.6 is 0 Å². The second kappa shape index (κ2) is 6.55. The van der Waals surface area contributed by atoms with Gasteiger partial charge in [-0.1, -0.05) is 12.1 Å². The van der Waals surface area contributed by atoms with Gasteiger partial charge in [0.15, 0.2) is 5.82 Å². The Morgan fingerprint density at radius 2 is 2.05 bits per heavy atom. The molecule has 1 aromatic rings. The van der Waals surface area contributed by atoms with Crippen molar-refractivity contribution in [3.05, 3.63) is 29.1 Å². The van der Waals surface area contributed by atoms with Gasteiger partial charge >= 0.3 is 0 Å². The van der Waals surface area contributed by atoms with Crippen LogP contribution in [0.15, 0.2) is 12.1 Å². The lowest BCUT2D eigenvalue weighted by Crippen LogP contribution is -2.49. The maximum absolute atomic E-state index is 14.5. The summed E-state index contributed by atoms with van der Waals surface area (Å²) in [6, 6.07) is 5.50. The molecule has 0 spiro atoms. The van der Waals surface area contributed by atoms with Gasteiger partial charge in [0, 0.05) is 31.7 Å². The Morgan fingerprint density at radius 1 is 1.38 bits per heavy atom. The molecule has 0 radical (unpaired) electrons. The first-order chi connectivity index (χ1) is 10.0. The highest BCUT2D eigenvalue weighted by molar-refractivity contribution is 5.76. The summed E-state index contributed by atoms with van der Waals surface area (Å²) < 4.78 is 14.5. The molecule has 2 N–H and O–H groups in total. The molecule has 0 aliphatic carbocycles. The fourth-order valence-electron chi connectivity index (χ4n) is 2.66. The quantitative estimate of drug-likeness (QED) is 0.890. The van der Waals surface area contributed by atoms with E-state index in [9.17, 15) is 9.18 Å². The number of carbonyl (C=O) groups is 1. The number of aryl methyl sites for hydroxylation is 1. The molecular weight excluding hydrogens is 271 g/mol. The highest BCUT2D eigenvalue weighted by atomic mass is 19.1. The molecule has 2 rings (SSSR count). The molecule has 0 unspecified atom stereocenters. The molecule has 5 nitrogen and oxygen atoms in total. The Bertz CT molecular complexity index is 574. The van der Waals surface area contributed by atoms with Crippen LogP contribution in [0, 0.1) is 24.1 Å². The number of halogens is 1. The van der Waals surface area contributed by atoms with Crippen LogP contribution in [0.4, 0.5) is 10.1 Å². The van der Waals surface area contributed by atoms with Crippen molar-refractivity contribution in [3.8, 4) is 6.07 Å². The predicted molar refractivity (Wildman–Crippen MR) is 78.3 cm³/mol. The van der Waals surface area contributed by atoms with Gasteiger partial charge in [0.25, 0.3) is 0 Å². The molecule has 1 fully saturated rings. The lowest BCUT2D eigenvalue weighted by molar-refractivity contribution is -0.119. The predicted octanol–water partition coefficient (Wildman–Crippen LogP) is 0.807. The highest BCUT2D eigenvalue weighted by Gasteiger charge is 2.23. The molecule has 1 aliphatic heterocycles. The number of anilines is 1. The third kappa shape index (κ3) is 3.50. The fourth-order valence-corrected chi connectivity index (χ4v) is 2.66. The Kier molecular flexibility index (Phi) is 4.76. The number of carbonyl (C=O) groups excluding carboxylic acids is 1. The number of rotatable bonds is 4. The molecule has 112 valence electrons. The van der Waals surface area contributed by atoms with Crippen LogP contribution in [0.5, 0.6) is 0 Å². The normalized spacial score (nSPS) is 15.8. The van der Waals surface area contributed by atoms with Crippen LogP contribution in [0.1, 0.15) is 11.1 Å². The number of benzene rings is 1. The minimum atomic E-state index is -0.346. The van der Waals surface area contributed by atoms with Crippen molar-refractivity contribution in [1.29, 1.82) is 5.26 Å². The van der Waals surface area contributed by atoms with Gasteiger partial charge in [-0.15, -0.1) is 0 Å². The van der Waals surface area contributed by atoms with Crippen LogP contribution in [-0.4, -0.2) is 43.5 Å².